The summed E-state index contributed by atoms with van der Waals surface area (Å²) in [5.41, 5.74) is 0.405. The van der Waals surface area contributed by atoms with E-state index < -0.39 is 35.5 Å². The van der Waals surface area contributed by atoms with E-state index in [1.807, 2.05) is 4.90 Å². The van der Waals surface area contributed by atoms with Gasteiger partial charge in [0.15, 0.2) is 0 Å². The number of nitrogens with zero attached hydrogens (tertiary/aromatic N) is 2. The summed E-state index contributed by atoms with van der Waals surface area (Å²) < 4.78 is 14.8. The van der Waals surface area contributed by atoms with Crippen molar-refractivity contribution in [2.75, 3.05) is 24.5 Å². The lowest BCUT2D eigenvalue weighted by Crippen LogP contribution is -2.54. The van der Waals surface area contributed by atoms with Crippen LogP contribution in [0.25, 0.3) is 0 Å². The molecular formula is C19H19FN4O4. The molecule has 1 unspecified atom stereocenters. The molecule has 1 saturated carbocycles. The Hall–Kier alpha value is -2.81. The summed E-state index contributed by atoms with van der Waals surface area (Å²) in [4.78, 5) is 51.9. The standard InChI is InChI=1S/C19H19FN4O4/c20-12-7-10-11(8-14(12)23-6-5-21-19(9-23)3-4-19)18(28)24(17(10)27)13-1-2-15(25)22-16(13)26/h7-8,13,21H,1-6,9H2,(H,22,25,26). The maximum atomic E-state index is 14.8. The molecule has 0 bridgehead atoms. The number of fused-ring (bicyclic) bond motifs is 1. The predicted octanol–water partition coefficient (Wildman–Crippen LogP) is 0.169. The third kappa shape index (κ3) is 2.53. The fourth-order valence-electron chi connectivity index (χ4n) is 4.37. The molecule has 3 heterocycles. The molecule has 9 heteroatoms. The highest BCUT2D eigenvalue weighted by atomic mass is 19.1. The van der Waals surface area contributed by atoms with Crippen LogP contribution in [0.3, 0.4) is 0 Å². The van der Waals surface area contributed by atoms with Gasteiger partial charge in [-0.25, -0.2) is 4.39 Å². The molecular weight excluding hydrogens is 367 g/mol. The van der Waals surface area contributed by atoms with Crippen LogP contribution in [0.15, 0.2) is 12.1 Å². The van der Waals surface area contributed by atoms with Crippen molar-refractivity contribution in [2.45, 2.75) is 37.3 Å². The Labute approximate surface area is 160 Å². The van der Waals surface area contributed by atoms with E-state index in [2.05, 4.69) is 10.6 Å². The quantitative estimate of drug-likeness (QED) is 0.703. The molecule has 1 spiro atoms. The first kappa shape index (κ1) is 17.3. The fourth-order valence-corrected chi connectivity index (χ4v) is 4.37. The molecule has 1 aromatic carbocycles. The number of nitrogens with one attached hydrogen (secondary N) is 2. The van der Waals surface area contributed by atoms with Gasteiger partial charge in [-0.05, 0) is 31.4 Å². The van der Waals surface area contributed by atoms with Gasteiger partial charge in [0.25, 0.3) is 11.8 Å². The van der Waals surface area contributed by atoms with Crippen molar-refractivity contribution in [3.63, 3.8) is 0 Å². The van der Waals surface area contributed by atoms with E-state index in [4.69, 9.17) is 0 Å². The molecule has 8 nitrogen and oxygen atoms in total. The highest BCUT2D eigenvalue weighted by Crippen LogP contribution is 2.40. The van der Waals surface area contributed by atoms with Crippen molar-refractivity contribution in [1.29, 1.82) is 0 Å². The molecule has 1 atom stereocenters. The first-order valence-corrected chi connectivity index (χ1v) is 9.44. The van der Waals surface area contributed by atoms with E-state index in [1.54, 1.807) is 0 Å². The third-order valence-corrected chi connectivity index (χ3v) is 6.08. The van der Waals surface area contributed by atoms with Crippen LogP contribution in [0.2, 0.25) is 0 Å². The summed E-state index contributed by atoms with van der Waals surface area (Å²) in [7, 11) is 0. The van der Waals surface area contributed by atoms with Gasteiger partial charge in [-0.1, -0.05) is 0 Å². The van der Waals surface area contributed by atoms with Gasteiger partial charge in [0.2, 0.25) is 11.8 Å². The highest BCUT2D eigenvalue weighted by Gasteiger charge is 2.48. The highest BCUT2D eigenvalue weighted by molar-refractivity contribution is 6.23. The number of carbonyl (C=O) groups is 4. The molecule has 2 saturated heterocycles. The van der Waals surface area contributed by atoms with E-state index >= 15 is 0 Å². The molecule has 0 aromatic heterocycles. The number of piperidine rings is 1. The summed E-state index contributed by atoms with van der Waals surface area (Å²) >= 11 is 0. The van der Waals surface area contributed by atoms with Gasteiger partial charge in [-0.15, -0.1) is 0 Å². The third-order valence-electron chi connectivity index (χ3n) is 6.08. The SMILES string of the molecule is O=C1CCC(N2C(=O)c3cc(F)c(N4CCNC5(CC5)C4)cc3C2=O)C(=O)N1. The molecule has 4 aliphatic rings. The number of anilines is 1. The van der Waals surface area contributed by atoms with Crippen molar-refractivity contribution >= 4 is 29.3 Å². The Morgan fingerprint density at radius 3 is 2.46 bits per heavy atom. The zero-order valence-electron chi connectivity index (χ0n) is 15.1. The van der Waals surface area contributed by atoms with Gasteiger partial charge >= 0.3 is 0 Å². The van der Waals surface area contributed by atoms with Crippen molar-refractivity contribution in [3.8, 4) is 0 Å². The second-order valence-electron chi connectivity index (χ2n) is 7.93. The second kappa shape index (κ2) is 5.84. The molecule has 28 heavy (non-hydrogen) atoms. The number of piperazine rings is 1. The number of hydrogen-bond donors (Lipinski definition) is 2. The number of imide groups is 2. The lowest BCUT2D eigenvalue weighted by Gasteiger charge is -2.36. The Bertz CT molecular complexity index is 942. The summed E-state index contributed by atoms with van der Waals surface area (Å²) in [6, 6.07) is 1.47. The van der Waals surface area contributed by atoms with E-state index in [0.29, 0.717) is 18.8 Å². The van der Waals surface area contributed by atoms with Crippen LogP contribution in [-0.4, -0.2) is 59.7 Å². The van der Waals surface area contributed by atoms with Crippen LogP contribution in [0.5, 0.6) is 0 Å². The summed E-state index contributed by atoms with van der Waals surface area (Å²) in [5, 5.41) is 5.60. The maximum absolute atomic E-state index is 14.8. The molecule has 4 amide bonds. The Balaban J connectivity index is 1.47. The smallest absolute Gasteiger partial charge is 0.262 e. The average molecular weight is 386 g/mol. The van der Waals surface area contributed by atoms with Crippen molar-refractivity contribution in [2.24, 2.45) is 0 Å². The fraction of sp³-hybridized carbons (Fsp3) is 0.474. The Kier molecular flexibility index (Phi) is 3.61. The van der Waals surface area contributed by atoms with Gasteiger partial charge in [-0.3, -0.25) is 29.4 Å². The van der Waals surface area contributed by atoms with Gasteiger partial charge in [0.05, 0.1) is 16.8 Å². The topological polar surface area (TPSA) is 98.8 Å². The van der Waals surface area contributed by atoms with Gasteiger partial charge in [-0.2, -0.15) is 0 Å². The van der Waals surface area contributed by atoms with Crippen molar-refractivity contribution in [1.82, 2.24) is 15.5 Å². The number of carbonyl (C=O) groups excluding carboxylic acids is 4. The number of rotatable bonds is 2. The molecule has 2 N–H and O–H groups in total. The van der Waals surface area contributed by atoms with E-state index in [0.717, 1.165) is 30.4 Å². The van der Waals surface area contributed by atoms with Crippen molar-refractivity contribution in [3.05, 3.63) is 29.1 Å². The predicted molar refractivity (Wildman–Crippen MR) is 95.3 cm³/mol. The summed E-state index contributed by atoms with van der Waals surface area (Å²) in [6.45, 7) is 1.99. The number of halogens is 1. The first-order valence-electron chi connectivity index (χ1n) is 9.44. The van der Waals surface area contributed by atoms with Crippen LogP contribution < -0.4 is 15.5 Å². The second-order valence-corrected chi connectivity index (χ2v) is 7.93. The summed E-state index contributed by atoms with van der Waals surface area (Å²) in [5.74, 6) is -2.98. The van der Waals surface area contributed by atoms with Crippen LogP contribution in [0, 0.1) is 5.82 Å². The minimum absolute atomic E-state index is 0.0301. The molecule has 0 radical (unpaired) electrons. The average Bonchev–Trinajstić information content (AvgIpc) is 3.36. The minimum atomic E-state index is -1.05. The van der Waals surface area contributed by atoms with Crippen molar-refractivity contribution < 1.29 is 23.6 Å². The van der Waals surface area contributed by atoms with Crippen LogP contribution in [-0.2, 0) is 9.59 Å². The van der Waals surface area contributed by atoms with Crippen LogP contribution >= 0.6 is 0 Å². The Morgan fingerprint density at radius 2 is 1.79 bits per heavy atom. The van der Waals surface area contributed by atoms with E-state index in [1.165, 1.54) is 6.07 Å². The lowest BCUT2D eigenvalue weighted by molar-refractivity contribution is -0.136. The largest absolute Gasteiger partial charge is 0.366 e. The first-order chi connectivity index (χ1) is 13.4. The maximum Gasteiger partial charge on any atom is 0.262 e. The lowest BCUT2D eigenvalue weighted by atomic mass is 10.0. The molecule has 146 valence electrons. The zero-order valence-corrected chi connectivity index (χ0v) is 15.1. The van der Waals surface area contributed by atoms with E-state index in [-0.39, 0.29) is 29.5 Å². The van der Waals surface area contributed by atoms with Crippen LogP contribution in [0.4, 0.5) is 10.1 Å². The van der Waals surface area contributed by atoms with Crippen LogP contribution in [0.1, 0.15) is 46.4 Å². The molecule has 3 aliphatic heterocycles. The summed E-state index contributed by atoms with van der Waals surface area (Å²) in [6.07, 6.45) is 2.20. The zero-order chi connectivity index (χ0) is 19.6. The molecule has 1 aromatic rings. The normalized spacial score (nSPS) is 26.0. The molecule has 5 rings (SSSR count). The number of benzene rings is 1. The number of amides is 4. The van der Waals surface area contributed by atoms with Gasteiger partial charge < -0.3 is 10.2 Å². The monoisotopic (exact) mass is 386 g/mol. The Morgan fingerprint density at radius 1 is 1.07 bits per heavy atom. The minimum Gasteiger partial charge on any atom is -0.366 e. The van der Waals surface area contributed by atoms with Gasteiger partial charge in [0, 0.05) is 31.6 Å². The number of hydrogen-bond acceptors (Lipinski definition) is 6. The molecule has 1 aliphatic carbocycles. The van der Waals surface area contributed by atoms with E-state index in [9.17, 15) is 23.6 Å². The van der Waals surface area contributed by atoms with Gasteiger partial charge in [0.1, 0.15) is 11.9 Å². The molecule has 3 fully saturated rings.